The molecule has 0 unspecified atom stereocenters. The summed E-state index contributed by atoms with van der Waals surface area (Å²) in [7, 11) is 0. The Kier molecular flexibility index (Phi) is 10.5. The van der Waals surface area contributed by atoms with Crippen LogP contribution >= 0.6 is 11.8 Å². The van der Waals surface area contributed by atoms with Crippen LogP contribution in [0.3, 0.4) is 0 Å². The molecule has 0 radical (unpaired) electrons. The number of nitrogens with two attached hydrogens (primary N) is 1. The van der Waals surface area contributed by atoms with Gasteiger partial charge >= 0.3 is 0 Å². The number of carbonyl (C=O) groups excluding carboxylic acids is 3. The molecule has 1 aliphatic heterocycles. The molecule has 8 heteroatoms. The molecule has 3 atom stereocenters. The molecule has 7 nitrogen and oxygen atoms in total. The number of rotatable bonds is 10. The fourth-order valence-electron chi connectivity index (χ4n) is 3.90. The maximum Gasteiger partial charge on any atom is 0.243 e. The first-order valence-corrected chi connectivity index (χ1v) is 12.8. The van der Waals surface area contributed by atoms with Crippen LogP contribution in [0.2, 0.25) is 0 Å². The summed E-state index contributed by atoms with van der Waals surface area (Å²) in [5.41, 5.74) is 7.03. The van der Waals surface area contributed by atoms with Crippen molar-refractivity contribution in [2.24, 2.45) is 17.6 Å². The van der Waals surface area contributed by atoms with Gasteiger partial charge in [-0.1, -0.05) is 44.2 Å². The summed E-state index contributed by atoms with van der Waals surface area (Å²) < 4.78 is 0. The highest BCUT2D eigenvalue weighted by atomic mass is 32.2. The lowest BCUT2D eigenvalue weighted by Gasteiger charge is -2.34. The van der Waals surface area contributed by atoms with Crippen molar-refractivity contribution in [3.63, 3.8) is 0 Å². The smallest absolute Gasteiger partial charge is 0.243 e. The highest BCUT2D eigenvalue weighted by Gasteiger charge is 2.32. The topological polar surface area (TPSA) is 105 Å². The standard InChI is InChI=1S/C24H38N4O3S/c1-16(2)21(23(30)26-17(3)18-8-6-5-7-9-18)27-22(29)19-10-13-28(14-11-19)24(31)20(25)12-15-32-4/h5-9,16-17,19-21H,10-15,25H2,1-4H3,(H,26,30)(H,27,29)/t17-,20+,21-/m1/s1. The Morgan fingerprint density at radius 2 is 1.72 bits per heavy atom. The first kappa shape index (κ1) is 26.2. The van der Waals surface area contributed by atoms with Gasteiger partial charge in [-0.2, -0.15) is 11.8 Å². The molecule has 2 rings (SSSR count). The number of piperidine rings is 1. The third kappa shape index (κ3) is 7.52. The minimum Gasteiger partial charge on any atom is -0.348 e. The van der Waals surface area contributed by atoms with Crippen molar-refractivity contribution in [3.05, 3.63) is 35.9 Å². The van der Waals surface area contributed by atoms with Crippen molar-refractivity contribution in [2.75, 3.05) is 25.1 Å². The second-order valence-corrected chi connectivity index (χ2v) is 9.84. The fraction of sp³-hybridized carbons (Fsp3) is 0.625. The number of hydrogen-bond donors (Lipinski definition) is 3. The number of nitrogens with zero attached hydrogens (tertiary/aromatic N) is 1. The van der Waals surface area contributed by atoms with Crippen molar-refractivity contribution < 1.29 is 14.4 Å². The molecule has 0 aliphatic carbocycles. The van der Waals surface area contributed by atoms with Gasteiger partial charge in [0.05, 0.1) is 12.1 Å². The van der Waals surface area contributed by atoms with Crippen LogP contribution in [0, 0.1) is 11.8 Å². The molecule has 1 aromatic carbocycles. The van der Waals surface area contributed by atoms with Gasteiger partial charge in [0.15, 0.2) is 0 Å². The van der Waals surface area contributed by atoms with Gasteiger partial charge in [0.2, 0.25) is 17.7 Å². The summed E-state index contributed by atoms with van der Waals surface area (Å²) >= 11 is 1.67. The summed E-state index contributed by atoms with van der Waals surface area (Å²) in [6, 6.07) is 8.52. The third-order valence-electron chi connectivity index (χ3n) is 6.03. The summed E-state index contributed by atoms with van der Waals surface area (Å²) in [5, 5.41) is 5.97. The molecule has 0 aromatic heterocycles. The Bertz CT molecular complexity index is 751. The largest absolute Gasteiger partial charge is 0.348 e. The van der Waals surface area contributed by atoms with Gasteiger partial charge in [0.1, 0.15) is 6.04 Å². The van der Waals surface area contributed by atoms with Crippen LogP contribution < -0.4 is 16.4 Å². The van der Waals surface area contributed by atoms with Crippen LogP contribution in [-0.2, 0) is 14.4 Å². The number of carbonyl (C=O) groups is 3. The molecule has 0 saturated carbocycles. The van der Waals surface area contributed by atoms with Crippen molar-refractivity contribution in [1.29, 1.82) is 0 Å². The zero-order chi connectivity index (χ0) is 23.7. The number of thioether (sulfide) groups is 1. The molecule has 1 aromatic rings. The van der Waals surface area contributed by atoms with Crippen LogP contribution in [0.15, 0.2) is 30.3 Å². The Morgan fingerprint density at radius 3 is 2.28 bits per heavy atom. The van der Waals surface area contributed by atoms with E-state index in [4.69, 9.17) is 5.73 Å². The number of amides is 3. The highest BCUT2D eigenvalue weighted by molar-refractivity contribution is 7.98. The predicted molar refractivity (Wildman–Crippen MR) is 130 cm³/mol. The molecule has 0 bridgehead atoms. The van der Waals surface area contributed by atoms with E-state index < -0.39 is 12.1 Å². The predicted octanol–water partition coefficient (Wildman–Crippen LogP) is 2.32. The molecule has 32 heavy (non-hydrogen) atoms. The lowest BCUT2D eigenvalue weighted by Crippen LogP contribution is -2.53. The first-order chi connectivity index (χ1) is 15.2. The quantitative estimate of drug-likeness (QED) is 0.495. The summed E-state index contributed by atoms with van der Waals surface area (Å²) in [6.45, 7) is 6.83. The van der Waals surface area contributed by atoms with E-state index in [2.05, 4.69) is 10.6 Å². The van der Waals surface area contributed by atoms with E-state index in [0.29, 0.717) is 32.4 Å². The summed E-state index contributed by atoms with van der Waals surface area (Å²) in [4.78, 5) is 40.1. The Morgan fingerprint density at radius 1 is 1.09 bits per heavy atom. The van der Waals surface area contributed by atoms with E-state index in [1.54, 1.807) is 16.7 Å². The first-order valence-electron chi connectivity index (χ1n) is 11.4. The number of likely N-dealkylation sites (tertiary alicyclic amines) is 1. The molecule has 3 amide bonds. The zero-order valence-corrected chi connectivity index (χ0v) is 20.5. The Labute approximate surface area is 196 Å². The van der Waals surface area contributed by atoms with Gasteiger partial charge in [-0.15, -0.1) is 0 Å². The number of hydrogen-bond acceptors (Lipinski definition) is 5. The maximum atomic E-state index is 12.9. The molecule has 0 spiro atoms. The maximum absolute atomic E-state index is 12.9. The minimum atomic E-state index is -0.603. The SMILES string of the molecule is CSCC[C@H](N)C(=O)N1CCC(C(=O)N[C@@H](C(=O)N[C@H](C)c2ccccc2)C(C)C)CC1. The molecule has 1 aliphatic rings. The molecule has 178 valence electrons. The van der Waals surface area contributed by atoms with Gasteiger partial charge in [0, 0.05) is 19.0 Å². The third-order valence-corrected chi connectivity index (χ3v) is 6.68. The van der Waals surface area contributed by atoms with Crippen molar-refractivity contribution in [2.45, 2.75) is 58.2 Å². The summed E-state index contributed by atoms with van der Waals surface area (Å²) in [6.07, 6.45) is 3.82. The van der Waals surface area contributed by atoms with E-state index in [0.717, 1.165) is 11.3 Å². The lowest BCUT2D eigenvalue weighted by molar-refractivity contribution is -0.137. The van der Waals surface area contributed by atoms with Gasteiger partial charge in [-0.3, -0.25) is 14.4 Å². The highest BCUT2D eigenvalue weighted by Crippen LogP contribution is 2.20. The monoisotopic (exact) mass is 462 g/mol. The average Bonchev–Trinajstić information content (AvgIpc) is 2.80. The van der Waals surface area contributed by atoms with E-state index in [-0.39, 0.29) is 35.6 Å². The van der Waals surface area contributed by atoms with Gasteiger partial charge < -0.3 is 21.3 Å². The molecule has 1 heterocycles. The minimum absolute atomic E-state index is 0.0350. The lowest BCUT2D eigenvalue weighted by atomic mass is 9.93. The van der Waals surface area contributed by atoms with Crippen LogP contribution in [0.25, 0.3) is 0 Å². The van der Waals surface area contributed by atoms with E-state index >= 15 is 0 Å². The molecule has 1 saturated heterocycles. The van der Waals surface area contributed by atoms with Crippen LogP contribution in [0.4, 0.5) is 0 Å². The van der Waals surface area contributed by atoms with Gasteiger partial charge in [-0.05, 0) is 49.7 Å². The Balaban J connectivity index is 1.88. The van der Waals surface area contributed by atoms with Gasteiger partial charge in [-0.25, -0.2) is 0 Å². The van der Waals surface area contributed by atoms with Crippen molar-refractivity contribution >= 4 is 29.5 Å². The molecular weight excluding hydrogens is 424 g/mol. The van der Waals surface area contributed by atoms with Gasteiger partial charge in [0.25, 0.3) is 0 Å². The second-order valence-electron chi connectivity index (χ2n) is 8.86. The normalized spacial score (nSPS) is 17.5. The number of nitrogens with one attached hydrogen (secondary N) is 2. The Hall–Kier alpha value is -2.06. The van der Waals surface area contributed by atoms with Crippen LogP contribution in [0.5, 0.6) is 0 Å². The van der Waals surface area contributed by atoms with Crippen LogP contribution in [-0.4, -0.2) is 59.8 Å². The van der Waals surface area contributed by atoms with E-state index in [1.807, 2.05) is 57.4 Å². The molecule has 1 fully saturated rings. The zero-order valence-electron chi connectivity index (χ0n) is 19.7. The second kappa shape index (κ2) is 12.8. The average molecular weight is 463 g/mol. The van der Waals surface area contributed by atoms with Crippen molar-refractivity contribution in [3.8, 4) is 0 Å². The fourth-order valence-corrected chi connectivity index (χ4v) is 4.39. The number of benzene rings is 1. The van der Waals surface area contributed by atoms with E-state index in [1.165, 1.54) is 0 Å². The van der Waals surface area contributed by atoms with Crippen molar-refractivity contribution in [1.82, 2.24) is 15.5 Å². The summed E-state index contributed by atoms with van der Waals surface area (Å²) in [5.74, 6) is 0.266. The molecule has 4 N–H and O–H groups in total. The van der Waals surface area contributed by atoms with Crippen LogP contribution in [0.1, 0.15) is 51.6 Å². The molecular formula is C24H38N4O3S. The van der Waals surface area contributed by atoms with E-state index in [9.17, 15) is 14.4 Å².